The zero-order valence-corrected chi connectivity index (χ0v) is 18.8. The highest BCUT2D eigenvalue weighted by atomic mass is 16.2. The number of nitrogens with one attached hydrogen (secondary N) is 1. The number of fused-ring (bicyclic) bond motifs is 3. The molecule has 4 heterocycles. The predicted molar refractivity (Wildman–Crippen MR) is 119 cm³/mol. The van der Waals surface area contributed by atoms with Gasteiger partial charge in [-0.2, -0.15) is 0 Å². The fraction of sp³-hybridized carbons (Fsp3) is 0.500. The highest BCUT2D eigenvalue weighted by Crippen LogP contribution is 2.36. The van der Waals surface area contributed by atoms with Gasteiger partial charge >= 0.3 is 0 Å². The van der Waals surface area contributed by atoms with Crippen molar-refractivity contribution in [3.63, 3.8) is 0 Å². The molecule has 10 heteroatoms. The second kappa shape index (κ2) is 8.03. The second-order valence-electron chi connectivity index (χ2n) is 9.87. The van der Waals surface area contributed by atoms with Crippen LogP contribution >= 0.6 is 0 Å². The van der Waals surface area contributed by atoms with E-state index in [1.54, 1.807) is 23.0 Å². The standard InChI is InChI=1S/C24H26N6O4/c31-21-6-5-20(22(32)25-21)29-12-16-10-17(3-4-18(16)23(29)33)30-13-19(26-27-30)24(34)28-8-7-14-1-2-15(9-14)11-28/h3-4,10,13-15,20H,1-2,5-9,11-12H2,(H,25,31,32). The van der Waals surface area contributed by atoms with Crippen molar-refractivity contribution in [1.29, 1.82) is 0 Å². The summed E-state index contributed by atoms with van der Waals surface area (Å²) in [5.41, 5.74) is 2.32. The number of nitrogens with zero attached hydrogens (tertiary/aromatic N) is 5. The number of carbonyl (C=O) groups is 4. The van der Waals surface area contributed by atoms with E-state index in [0.717, 1.165) is 31.0 Å². The molecule has 2 aromatic rings. The van der Waals surface area contributed by atoms with Gasteiger partial charge in [-0.1, -0.05) is 11.6 Å². The third-order valence-electron chi connectivity index (χ3n) is 7.71. The van der Waals surface area contributed by atoms with Crippen LogP contribution in [-0.2, 0) is 16.1 Å². The summed E-state index contributed by atoms with van der Waals surface area (Å²) in [4.78, 5) is 53.1. The van der Waals surface area contributed by atoms with Gasteiger partial charge in [0.2, 0.25) is 11.8 Å². The largest absolute Gasteiger partial charge is 0.337 e. The van der Waals surface area contributed by atoms with Crippen molar-refractivity contribution in [1.82, 2.24) is 30.1 Å². The average Bonchev–Trinajstić information content (AvgIpc) is 3.51. The Morgan fingerprint density at radius 2 is 1.91 bits per heavy atom. The first-order chi connectivity index (χ1) is 16.5. The Kier molecular flexibility index (Phi) is 4.96. The zero-order chi connectivity index (χ0) is 23.4. The highest BCUT2D eigenvalue weighted by molar-refractivity contribution is 6.05. The van der Waals surface area contributed by atoms with Crippen LogP contribution in [0.4, 0.5) is 0 Å². The molecular formula is C24H26N6O4. The molecule has 6 rings (SSSR count). The summed E-state index contributed by atoms with van der Waals surface area (Å²) >= 11 is 0. The molecule has 1 aromatic carbocycles. The van der Waals surface area contributed by atoms with Crippen molar-refractivity contribution < 1.29 is 19.2 Å². The molecular weight excluding hydrogens is 436 g/mol. The lowest BCUT2D eigenvalue weighted by Crippen LogP contribution is -2.52. The fourth-order valence-corrected chi connectivity index (χ4v) is 5.89. The van der Waals surface area contributed by atoms with Crippen molar-refractivity contribution in [2.24, 2.45) is 11.8 Å². The maximum atomic E-state index is 13.1. The van der Waals surface area contributed by atoms with Gasteiger partial charge in [-0.05, 0) is 61.3 Å². The van der Waals surface area contributed by atoms with Gasteiger partial charge in [-0.3, -0.25) is 24.5 Å². The van der Waals surface area contributed by atoms with Crippen LogP contribution in [0.2, 0.25) is 0 Å². The molecule has 3 fully saturated rings. The maximum absolute atomic E-state index is 13.1. The minimum Gasteiger partial charge on any atom is -0.337 e. The molecule has 1 N–H and O–H groups in total. The summed E-state index contributed by atoms with van der Waals surface area (Å²) in [7, 11) is 0. The molecule has 2 saturated heterocycles. The van der Waals surface area contributed by atoms with Crippen LogP contribution in [0.25, 0.3) is 5.69 Å². The molecule has 10 nitrogen and oxygen atoms in total. The predicted octanol–water partition coefficient (Wildman–Crippen LogP) is 1.29. The third kappa shape index (κ3) is 3.57. The van der Waals surface area contributed by atoms with Crippen LogP contribution < -0.4 is 5.32 Å². The van der Waals surface area contributed by atoms with Crippen molar-refractivity contribution >= 4 is 23.6 Å². The van der Waals surface area contributed by atoms with E-state index in [2.05, 4.69) is 15.6 Å². The number of imide groups is 1. The number of likely N-dealkylation sites (tertiary alicyclic amines) is 1. The van der Waals surface area contributed by atoms with Gasteiger partial charge in [-0.25, -0.2) is 4.68 Å². The molecule has 4 amide bonds. The Labute approximate surface area is 196 Å². The molecule has 1 saturated carbocycles. The van der Waals surface area contributed by atoms with Crippen molar-refractivity contribution in [3.8, 4) is 5.69 Å². The molecule has 34 heavy (non-hydrogen) atoms. The van der Waals surface area contributed by atoms with Gasteiger partial charge in [-0.15, -0.1) is 5.10 Å². The highest BCUT2D eigenvalue weighted by Gasteiger charge is 2.39. The summed E-state index contributed by atoms with van der Waals surface area (Å²) in [5.74, 6) is 0.288. The molecule has 0 spiro atoms. The Hall–Kier alpha value is -3.56. The first-order valence-electron chi connectivity index (χ1n) is 12.0. The molecule has 176 valence electrons. The lowest BCUT2D eigenvalue weighted by atomic mass is 10.0. The number of aromatic nitrogens is 3. The van der Waals surface area contributed by atoms with Gasteiger partial charge in [0.15, 0.2) is 5.69 Å². The summed E-state index contributed by atoms with van der Waals surface area (Å²) in [6.07, 6.45) is 6.94. The van der Waals surface area contributed by atoms with Crippen LogP contribution in [0, 0.1) is 11.8 Å². The van der Waals surface area contributed by atoms with Gasteiger partial charge < -0.3 is 9.80 Å². The van der Waals surface area contributed by atoms with Gasteiger partial charge in [0.1, 0.15) is 6.04 Å². The Bertz CT molecular complexity index is 1210. The maximum Gasteiger partial charge on any atom is 0.276 e. The van der Waals surface area contributed by atoms with E-state index in [0.29, 0.717) is 29.3 Å². The second-order valence-corrected chi connectivity index (χ2v) is 9.87. The summed E-state index contributed by atoms with van der Waals surface area (Å²) in [6, 6.07) is 4.67. The first kappa shape index (κ1) is 21.0. The van der Waals surface area contributed by atoms with Crippen LogP contribution in [0.15, 0.2) is 24.4 Å². The fourth-order valence-electron chi connectivity index (χ4n) is 5.89. The molecule has 1 aliphatic carbocycles. The summed E-state index contributed by atoms with van der Waals surface area (Å²) < 4.78 is 1.55. The van der Waals surface area contributed by atoms with Gasteiger partial charge in [0, 0.05) is 31.6 Å². The number of benzene rings is 1. The summed E-state index contributed by atoms with van der Waals surface area (Å²) in [5, 5.41) is 10.6. The van der Waals surface area contributed by atoms with Crippen molar-refractivity contribution in [2.45, 2.75) is 51.1 Å². The van der Waals surface area contributed by atoms with E-state index in [9.17, 15) is 19.2 Å². The number of hydrogen-bond donors (Lipinski definition) is 1. The van der Waals surface area contributed by atoms with Crippen molar-refractivity contribution in [2.75, 3.05) is 13.1 Å². The molecule has 1 aromatic heterocycles. The molecule has 3 atom stereocenters. The monoisotopic (exact) mass is 462 g/mol. The van der Waals surface area contributed by atoms with E-state index in [1.165, 1.54) is 24.2 Å². The van der Waals surface area contributed by atoms with Crippen LogP contribution in [0.3, 0.4) is 0 Å². The third-order valence-corrected chi connectivity index (χ3v) is 7.71. The van der Waals surface area contributed by atoms with E-state index in [4.69, 9.17) is 0 Å². The van der Waals surface area contributed by atoms with E-state index in [1.807, 2.05) is 11.0 Å². The minimum atomic E-state index is -0.652. The molecule has 2 bridgehead atoms. The lowest BCUT2D eigenvalue weighted by Gasteiger charge is -2.29. The average molecular weight is 463 g/mol. The first-order valence-corrected chi connectivity index (χ1v) is 12.0. The molecule has 3 aliphatic heterocycles. The molecule has 0 radical (unpaired) electrons. The van der Waals surface area contributed by atoms with Crippen LogP contribution in [0.5, 0.6) is 0 Å². The Morgan fingerprint density at radius 3 is 2.76 bits per heavy atom. The number of rotatable bonds is 3. The van der Waals surface area contributed by atoms with E-state index >= 15 is 0 Å². The molecule has 4 aliphatic rings. The minimum absolute atomic E-state index is 0.0841. The SMILES string of the molecule is O=C1CCC(N2Cc3cc(-n4cc(C(=O)N5CCC6CCC(C6)C5)nn4)ccc3C2=O)C(=O)N1. The number of piperidine rings is 1. The normalized spacial score (nSPS) is 26.5. The number of amides is 4. The van der Waals surface area contributed by atoms with Crippen LogP contribution in [0.1, 0.15) is 64.9 Å². The Balaban J connectivity index is 1.19. The number of carbonyl (C=O) groups excluding carboxylic acids is 4. The summed E-state index contributed by atoms with van der Waals surface area (Å²) in [6.45, 7) is 1.84. The van der Waals surface area contributed by atoms with Crippen molar-refractivity contribution in [3.05, 3.63) is 41.2 Å². The van der Waals surface area contributed by atoms with E-state index in [-0.39, 0.29) is 30.7 Å². The topological polar surface area (TPSA) is 118 Å². The molecule has 3 unspecified atom stereocenters. The Morgan fingerprint density at radius 1 is 1.06 bits per heavy atom. The lowest BCUT2D eigenvalue weighted by molar-refractivity contribution is -0.136. The van der Waals surface area contributed by atoms with Gasteiger partial charge in [0.05, 0.1) is 11.9 Å². The van der Waals surface area contributed by atoms with E-state index < -0.39 is 11.9 Å². The van der Waals surface area contributed by atoms with Crippen LogP contribution in [-0.4, -0.2) is 67.6 Å². The quantitative estimate of drug-likeness (QED) is 0.687. The smallest absolute Gasteiger partial charge is 0.276 e. The number of hydrogen-bond acceptors (Lipinski definition) is 6. The zero-order valence-electron chi connectivity index (χ0n) is 18.8. The van der Waals surface area contributed by atoms with Gasteiger partial charge in [0.25, 0.3) is 11.8 Å².